The Morgan fingerprint density at radius 2 is 2.00 bits per heavy atom. The van der Waals surface area contributed by atoms with Gasteiger partial charge in [0.05, 0.1) is 6.54 Å². The first-order valence-electron chi connectivity index (χ1n) is 9.68. The zero-order valence-electron chi connectivity index (χ0n) is 16.5. The molecule has 146 valence electrons. The molecule has 1 aliphatic heterocycles. The Bertz CT molecular complexity index is 723. The normalized spacial score (nSPS) is 17.2. The van der Waals surface area contributed by atoms with Crippen LogP contribution in [0.1, 0.15) is 41.6 Å². The number of carbonyl (C=O) groups excluding carboxylic acids is 1. The minimum atomic E-state index is -0.151. The molecule has 0 radical (unpaired) electrons. The molecule has 0 unspecified atom stereocenters. The minimum Gasteiger partial charge on any atom is -0.359 e. The van der Waals surface area contributed by atoms with E-state index in [1.54, 1.807) is 6.07 Å². The van der Waals surface area contributed by atoms with Crippen molar-refractivity contribution in [2.24, 2.45) is 5.92 Å². The van der Waals surface area contributed by atoms with Gasteiger partial charge in [0, 0.05) is 18.7 Å². The van der Waals surface area contributed by atoms with Crippen molar-refractivity contribution in [3.05, 3.63) is 53.4 Å². The number of hydrogen-bond acceptors (Lipinski definition) is 5. The molecule has 6 heteroatoms. The molecule has 0 bridgehead atoms. The van der Waals surface area contributed by atoms with Crippen LogP contribution in [0.15, 0.2) is 40.9 Å². The van der Waals surface area contributed by atoms with E-state index in [-0.39, 0.29) is 11.9 Å². The molecule has 2 aromatic rings. The number of hydrogen-bond donors (Lipinski definition) is 1. The zero-order valence-corrected chi connectivity index (χ0v) is 16.5. The largest absolute Gasteiger partial charge is 0.359 e. The van der Waals surface area contributed by atoms with Gasteiger partial charge in [0.15, 0.2) is 11.5 Å². The number of nitrogens with one attached hydrogen (secondary N) is 1. The minimum absolute atomic E-state index is 0.145. The van der Waals surface area contributed by atoms with Crippen LogP contribution in [-0.4, -0.2) is 54.1 Å². The van der Waals surface area contributed by atoms with Crippen LogP contribution in [0.4, 0.5) is 0 Å². The first kappa shape index (κ1) is 19.6. The molecule has 2 heterocycles. The molecule has 1 amide bonds. The molecule has 1 aromatic heterocycles. The van der Waals surface area contributed by atoms with E-state index < -0.39 is 0 Å². The Balaban J connectivity index is 1.49. The average Bonchev–Trinajstić information content (AvgIpc) is 3.11. The standard InChI is InChI=1S/C21H30N4O2/c1-16(18-9-11-24(2)12-10-18)22-21(26)20-13-19(27-23-20)15-25(3)14-17-7-5-4-6-8-17/h4-8,13,16,18H,9-12,14-15H2,1-3H3,(H,22,26)/t16-/m1/s1. The van der Waals surface area contributed by atoms with E-state index >= 15 is 0 Å². The first-order chi connectivity index (χ1) is 13.0. The van der Waals surface area contributed by atoms with Crippen molar-refractivity contribution in [3.63, 3.8) is 0 Å². The first-order valence-corrected chi connectivity index (χ1v) is 9.68. The van der Waals surface area contributed by atoms with Crippen LogP contribution < -0.4 is 5.32 Å². The highest BCUT2D eigenvalue weighted by atomic mass is 16.5. The molecular formula is C21H30N4O2. The van der Waals surface area contributed by atoms with Gasteiger partial charge in [0.25, 0.3) is 5.91 Å². The Morgan fingerprint density at radius 3 is 2.70 bits per heavy atom. The maximum Gasteiger partial charge on any atom is 0.273 e. The molecule has 3 rings (SSSR count). The van der Waals surface area contributed by atoms with E-state index in [0.717, 1.165) is 32.5 Å². The number of aromatic nitrogens is 1. The van der Waals surface area contributed by atoms with E-state index in [4.69, 9.17) is 4.52 Å². The molecule has 0 saturated carbocycles. The molecule has 6 nitrogen and oxygen atoms in total. The summed E-state index contributed by atoms with van der Waals surface area (Å²) in [7, 11) is 4.17. The summed E-state index contributed by atoms with van der Waals surface area (Å²) in [6.45, 7) is 5.69. The van der Waals surface area contributed by atoms with Gasteiger partial charge >= 0.3 is 0 Å². The Labute approximate surface area is 161 Å². The van der Waals surface area contributed by atoms with Crippen molar-refractivity contribution in [2.45, 2.75) is 38.9 Å². The fourth-order valence-corrected chi connectivity index (χ4v) is 3.64. The third-order valence-corrected chi connectivity index (χ3v) is 5.34. The van der Waals surface area contributed by atoms with Gasteiger partial charge in [-0.05, 0) is 58.4 Å². The molecule has 0 spiro atoms. The lowest BCUT2D eigenvalue weighted by molar-refractivity contribution is 0.0900. The number of nitrogens with zero attached hydrogens (tertiary/aromatic N) is 3. The third-order valence-electron chi connectivity index (χ3n) is 5.34. The Morgan fingerprint density at radius 1 is 1.30 bits per heavy atom. The van der Waals surface area contributed by atoms with Crippen molar-refractivity contribution in [1.29, 1.82) is 0 Å². The average molecular weight is 370 g/mol. The van der Waals surface area contributed by atoms with Crippen LogP contribution in [0.5, 0.6) is 0 Å². The number of benzene rings is 1. The number of amides is 1. The third kappa shape index (κ3) is 5.65. The second-order valence-electron chi connectivity index (χ2n) is 7.74. The van der Waals surface area contributed by atoms with E-state index in [1.807, 2.05) is 25.2 Å². The van der Waals surface area contributed by atoms with Gasteiger partial charge in [-0.1, -0.05) is 35.5 Å². The summed E-state index contributed by atoms with van der Waals surface area (Å²) in [5.41, 5.74) is 1.60. The van der Waals surface area contributed by atoms with E-state index in [0.29, 0.717) is 23.9 Å². The zero-order chi connectivity index (χ0) is 19.2. The van der Waals surface area contributed by atoms with Crippen LogP contribution >= 0.6 is 0 Å². The molecular weight excluding hydrogens is 340 g/mol. The topological polar surface area (TPSA) is 61.6 Å². The summed E-state index contributed by atoms with van der Waals surface area (Å²) >= 11 is 0. The van der Waals surface area contributed by atoms with Crippen molar-refractivity contribution >= 4 is 5.91 Å². The second-order valence-corrected chi connectivity index (χ2v) is 7.74. The van der Waals surface area contributed by atoms with E-state index in [9.17, 15) is 4.79 Å². The summed E-state index contributed by atoms with van der Waals surface area (Å²) in [5.74, 6) is 1.07. The number of rotatable bonds is 7. The molecule has 1 fully saturated rings. The molecule has 1 aliphatic rings. The lowest BCUT2D eigenvalue weighted by Gasteiger charge is -2.32. The Kier molecular flexibility index (Phi) is 6.63. The van der Waals surface area contributed by atoms with Gasteiger partial charge in [0.1, 0.15) is 0 Å². The lowest BCUT2D eigenvalue weighted by Crippen LogP contribution is -2.43. The van der Waals surface area contributed by atoms with Gasteiger partial charge in [-0.15, -0.1) is 0 Å². The number of piperidine rings is 1. The number of carbonyl (C=O) groups is 1. The smallest absolute Gasteiger partial charge is 0.273 e. The van der Waals surface area contributed by atoms with Gasteiger partial charge in [-0.25, -0.2) is 0 Å². The van der Waals surface area contributed by atoms with Crippen LogP contribution in [0.25, 0.3) is 0 Å². The molecule has 1 atom stereocenters. The van der Waals surface area contributed by atoms with Crippen molar-refractivity contribution in [3.8, 4) is 0 Å². The van der Waals surface area contributed by atoms with Gasteiger partial charge in [0.2, 0.25) is 0 Å². The summed E-state index contributed by atoms with van der Waals surface area (Å²) in [4.78, 5) is 17.0. The summed E-state index contributed by atoms with van der Waals surface area (Å²) in [6.07, 6.45) is 2.23. The monoisotopic (exact) mass is 370 g/mol. The Hall–Kier alpha value is -2.18. The molecule has 1 N–H and O–H groups in total. The van der Waals surface area contributed by atoms with E-state index in [1.165, 1.54) is 5.56 Å². The molecule has 1 saturated heterocycles. The SMILES string of the molecule is C[C@@H](NC(=O)c1cc(CN(C)Cc2ccccc2)on1)C1CCN(C)CC1. The van der Waals surface area contributed by atoms with Crippen LogP contribution in [0, 0.1) is 5.92 Å². The highest BCUT2D eigenvalue weighted by Gasteiger charge is 2.24. The fourth-order valence-electron chi connectivity index (χ4n) is 3.64. The highest BCUT2D eigenvalue weighted by molar-refractivity contribution is 5.92. The van der Waals surface area contributed by atoms with Crippen LogP contribution in [0.2, 0.25) is 0 Å². The van der Waals surface area contributed by atoms with Crippen molar-refractivity contribution in [1.82, 2.24) is 20.3 Å². The fraction of sp³-hybridized carbons (Fsp3) is 0.524. The summed E-state index contributed by atoms with van der Waals surface area (Å²) in [6, 6.07) is 12.2. The maximum atomic E-state index is 12.5. The van der Waals surface area contributed by atoms with Gasteiger partial charge < -0.3 is 14.7 Å². The molecule has 0 aliphatic carbocycles. The molecule has 1 aromatic carbocycles. The summed E-state index contributed by atoms with van der Waals surface area (Å²) < 4.78 is 5.38. The van der Waals surface area contributed by atoms with Crippen molar-refractivity contribution in [2.75, 3.05) is 27.2 Å². The molecule has 27 heavy (non-hydrogen) atoms. The quantitative estimate of drug-likeness (QED) is 0.812. The summed E-state index contributed by atoms with van der Waals surface area (Å²) in [5, 5.41) is 7.06. The highest BCUT2D eigenvalue weighted by Crippen LogP contribution is 2.20. The lowest BCUT2D eigenvalue weighted by atomic mass is 9.90. The van der Waals surface area contributed by atoms with Crippen LogP contribution in [-0.2, 0) is 13.1 Å². The van der Waals surface area contributed by atoms with Crippen molar-refractivity contribution < 1.29 is 9.32 Å². The predicted octanol–water partition coefficient (Wildman–Crippen LogP) is 2.77. The predicted molar refractivity (Wildman–Crippen MR) is 105 cm³/mol. The van der Waals surface area contributed by atoms with Crippen LogP contribution in [0.3, 0.4) is 0 Å². The number of likely N-dealkylation sites (tertiary alicyclic amines) is 1. The van der Waals surface area contributed by atoms with Gasteiger partial charge in [-0.2, -0.15) is 0 Å². The van der Waals surface area contributed by atoms with E-state index in [2.05, 4.69) is 46.4 Å². The van der Waals surface area contributed by atoms with Gasteiger partial charge in [-0.3, -0.25) is 9.69 Å². The maximum absolute atomic E-state index is 12.5. The second kappa shape index (κ2) is 9.15.